The molecule has 1 fully saturated rings. The number of amides is 1. The molecule has 0 radical (unpaired) electrons. The van der Waals surface area contributed by atoms with Crippen LogP contribution >= 0.6 is 0 Å². The minimum absolute atomic E-state index is 0.00675. The van der Waals surface area contributed by atoms with Gasteiger partial charge in [-0.05, 0) is 36.2 Å². The van der Waals surface area contributed by atoms with Crippen LogP contribution in [0, 0.1) is 11.8 Å². The molecule has 0 saturated heterocycles. The standard InChI is InChI=1S/C21H29NO2/c1-16-11-12-18(21(2,3)17-9-5-4-6-10-17)19(15-16)24-20(23)22-13-7-8-14-22/h4-7,9-10,13,16,18-19H,8,11-12,14-15H2,1-3H3/t16-,18-,19-/m1/s1. The van der Waals surface area contributed by atoms with E-state index in [1.165, 1.54) is 12.0 Å². The van der Waals surface area contributed by atoms with Gasteiger partial charge in [-0.25, -0.2) is 4.79 Å². The zero-order valence-electron chi connectivity index (χ0n) is 15.1. The Morgan fingerprint density at radius 2 is 1.96 bits per heavy atom. The lowest BCUT2D eigenvalue weighted by Crippen LogP contribution is -2.44. The van der Waals surface area contributed by atoms with Crippen molar-refractivity contribution in [3.05, 3.63) is 48.2 Å². The third-order valence-corrected chi connectivity index (χ3v) is 5.81. The highest BCUT2D eigenvalue weighted by Gasteiger charge is 2.42. The average molecular weight is 327 g/mol. The van der Waals surface area contributed by atoms with Crippen LogP contribution in [0.15, 0.2) is 42.6 Å². The molecular formula is C21H29NO2. The van der Waals surface area contributed by atoms with Gasteiger partial charge >= 0.3 is 6.09 Å². The van der Waals surface area contributed by atoms with Crippen molar-refractivity contribution >= 4 is 6.09 Å². The van der Waals surface area contributed by atoms with E-state index in [0.717, 1.165) is 25.8 Å². The largest absolute Gasteiger partial charge is 0.446 e. The lowest BCUT2D eigenvalue weighted by Gasteiger charge is -2.44. The first-order chi connectivity index (χ1) is 11.5. The number of hydrogen-bond acceptors (Lipinski definition) is 2. The summed E-state index contributed by atoms with van der Waals surface area (Å²) < 4.78 is 6.00. The number of carbonyl (C=O) groups is 1. The Morgan fingerprint density at radius 1 is 1.21 bits per heavy atom. The Labute approximate surface area is 145 Å². The predicted molar refractivity (Wildman–Crippen MR) is 96.7 cm³/mol. The van der Waals surface area contributed by atoms with Crippen molar-refractivity contribution in [2.45, 2.75) is 58.0 Å². The third kappa shape index (κ3) is 3.50. The average Bonchev–Trinajstić information content (AvgIpc) is 3.10. The van der Waals surface area contributed by atoms with Gasteiger partial charge in [0.2, 0.25) is 0 Å². The van der Waals surface area contributed by atoms with Crippen molar-refractivity contribution in [2.75, 3.05) is 6.54 Å². The molecule has 3 atom stereocenters. The Hall–Kier alpha value is -1.77. The predicted octanol–water partition coefficient (Wildman–Crippen LogP) is 5.13. The summed E-state index contributed by atoms with van der Waals surface area (Å²) in [6.45, 7) is 7.59. The minimum Gasteiger partial charge on any atom is -0.446 e. The van der Waals surface area contributed by atoms with Crippen LogP contribution in [-0.4, -0.2) is 23.6 Å². The molecular weight excluding hydrogens is 298 g/mol. The zero-order valence-corrected chi connectivity index (χ0v) is 15.1. The van der Waals surface area contributed by atoms with Gasteiger partial charge in [0.25, 0.3) is 0 Å². The second-order valence-corrected chi connectivity index (χ2v) is 7.90. The van der Waals surface area contributed by atoms with Crippen molar-refractivity contribution < 1.29 is 9.53 Å². The lowest BCUT2D eigenvalue weighted by atomic mass is 9.64. The summed E-state index contributed by atoms with van der Waals surface area (Å²) in [6.07, 6.45) is 7.89. The van der Waals surface area contributed by atoms with Crippen LogP contribution in [0.5, 0.6) is 0 Å². The summed E-state index contributed by atoms with van der Waals surface area (Å²) in [5.41, 5.74) is 1.32. The molecule has 1 aromatic carbocycles. The summed E-state index contributed by atoms with van der Waals surface area (Å²) in [6, 6.07) is 10.6. The van der Waals surface area contributed by atoms with E-state index in [1.54, 1.807) is 4.90 Å². The van der Waals surface area contributed by atoms with Gasteiger partial charge in [-0.1, -0.05) is 63.6 Å². The van der Waals surface area contributed by atoms with Crippen LogP contribution in [-0.2, 0) is 10.2 Å². The molecule has 1 heterocycles. The number of benzene rings is 1. The highest BCUT2D eigenvalue weighted by atomic mass is 16.6. The van der Waals surface area contributed by atoms with E-state index in [1.807, 2.05) is 12.3 Å². The molecule has 2 aliphatic rings. The van der Waals surface area contributed by atoms with Crippen LogP contribution in [0.3, 0.4) is 0 Å². The van der Waals surface area contributed by atoms with Gasteiger partial charge in [0, 0.05) is 18.7 Å². The van der Waals surface area contributed by atoms with E-state index in [0.29, 0.717) is 11.8 Å². The SMILES string of the molecule is C[C@@H]1CC[C@@H](C(C)(C)c2ccccc2)[C@H](OC(=O)N2C=CCC2)C1. The number of rotatable bonds is 3. The fourth-order valence-corrected chi connectivity index (χ4v) is 4.21. The normalized spacial score (nSPS) is 27.3. The molecule has 3 rings (SSSR count). The number of hydrogen-bond donors (Lipinski definition) is 0. The third-order valence-electron chi connectivity index (χ3n) is 5.81. The summed E-state index contributed by atoms with van der Waals surface area (Å²) in [5.74, 6) is 0.964. The van der Waals surface area contributed by atoms with Gasteiger partial charge in [0.05, 0.1) is 0 Å². The molecule has 1 amide bonds. The van der Waals surface area contributed by atoms with E-state index < -0.39 is 0 Å². The first-order valence-electron chi connectivity index (χ1n) is 9.18. The highest BCUT2D eigenvalue weighted by molar-refractivity contribution is 5.69. The van der Waals surface area contributed by atoms with Crippen molar-refractivity contribution in [1.82, 2.24) is 4.90 Å². The smallest absolute Gasteiger partial charge is 0.414 e. The fraction of sp³-hybridized carbons (Fsp3) is 0.571. The molecule has 0 spiro atoms. The molecule has 1 saturated carbocycles. The van der Waals surface area contributed by atoms with Gasteiger partial charge < -0.3 is 4.74 Å². The van der Waals surface area contributed by atoms with Crippen LogP contribution in [0.1, 0.15) is 52.0 Å². The summed E-state index contributed by atoms with van der Waals surface area (Å²) >= 11 is 0. The second kappa shape index (κ2) is 7.00. The maximum Gasteiger partial charge on any atom is 0.414 e. The molecule has 130 valence electrons. The van der Waals surface area contributed by atoms with E-state index >= 15 is 0 Å². The summed E-state index contributed by atoms with van der Waals surface area (Å²) in [5, 5.41) is 0. The van der Waals surface area contributed by atoms with Crippen molar-refractivity contribution in [3.63, 3.8) is 0 Å². The van der Waals surface area contributed by atoms with Crippen LogP contribution in [0.25, 0.3) is 0 Å². The minimum atomic E-state index is -0.184. The number of nitrogens with zero attached hydrogens (tertiary/aromatic N) is 1. The molecule has 1 aliphatic carbocycles. The van der Waals surface area contributed by atoms with Gasteiger partial charge in [-0.15, -0.1) is 0 Å². The van der Waals surface area contributed by atoms with E-state index in [4.69, 9.17) is 4.74 Å². The Balaban J connectivity index is 1.78. The molecule has 1 aromatic rings. The molecule has 0 unspecified atom stereocenters. The first-order valence-corrected chi connectivity index (χ1v) is 9.18. The fourth-order valence-electron chi connectivity index (χ4n) is 4.21. The summed E-state index contributed by atoms with van der Waals surface area (Å²) in [7, 11) is 0. The molecule has 3 nitrogen and oxygen atoms in total. The van der Waals surface area contributed by atoms with E-state index in [9.17, 15) is 4.79 Å². The summed E-state index contributed by atoms with van der Waals surface area (Å²) in [4.78, 5) is 14.2. The Morgan fingerprint density at radius 3 is 2.62 bits per heavy atom. The quantitative estimate of drug-likeness (QED) is 0.770. The van der Waals surface area contributed by atoms with E-state index in [2.05, 4.69) is 51.1 Å². The van der Waals surface area contributed by atoms with Gasteiger partial charge in [-0.2, -0.15) is 0 Å². The first kappa shape index (κ1) is 17.1. The maximum atomic E-state index is 12.5. The molecule has 0 aromatic heterocycles. The lowest BCUT2D eigenvalue weighted by molar-refractivity contribution is -0.0128. The van der Waals surface area contributed by atoms with E-state index in [-0.39, 0.29) is 17.6 Å². The molecule has 1 aliphatic heterocycles. The Kier molecular flexibility index (Phi) is 4.98. The van der Waals surface area contributed by atoms with Crippen molar-refractivity contribution in [3.8, 4) is 0 Å². The van der Waals surface area contributed by atoms with Crippen LogP contribution < -0.4 is 0 Å². The van der Waals surface area contributed by atoms with Crippen LogP contribution in [0.2, 0.25) is 0 Å². The molecule has 0 N–H and O–H groups in total. The second-order valence-electron chi connectivity index (χ2n) is 7.90. The topological polar surface area (TPSA) is 29.5 Å². The monoisotopic (exact) mass is 327 g/mol. The highest BCUT2D eigenvalue weighted by Crippen LogP contribution is 2.43. The van der Waals surface area contributed by atoms with Crippen molar-refractivity contribution in [1.29, 1.82) is 0 Å². The zero-order chi connectivity index (χ0) is 17.2. The number of carbonyl (C=O) groups excluding carboxylic acids is 1. The Bertz CT molecular complexity index is 593. The van der Waals surface area contributed by atoms with Crippen molar-refractivity contribution in [2.24, 2.45) is 11.8 Å². The number of ether oxygens (including phenoxy) is 1. The van der Waals surface area contributed by atoms with Gasteiger partial charge in [-0.3, -0.25) is 4.90 Å². The molecule has 3 heteroatoms. The molecule has 24 heavy (non-hydrogen) atoms. The van der Waals surface area contributed by atoms with Crippen LogP contribution in [0.4, 0.5) is 4.79 Å². The van der Waals surface area contributed by atoms with Gasteiger partial charge in [0.15, 0.2) is 0 Å². The molecule has 0 bridgehead atoms. The van der Waals surface area contributed by atoms with Gasteiger partial charge in [0.1, 0.15) is 6.10 Å². The maximum absolute atomic E-state index is 12.5.